The van der Waals surface area contributed by atoms with Crippen LogP contribution in [0.2, 0.25) is 0 Å². The van der Waals surface area contributed by atoms with E-state index in [9.17, 15) is 14.4 Å². The summed E-state index contributed by atoms with van der Waals surface area (Å²) in [4.78, 5) is 32.6. The number of nitrogens with zero attached hydrogens (tertiary/aromatic N) is 1. The van der Waals surface area contributed by atoms with Gasteiger partial charge in [-0.3, -0.25) is 9.59 Å². The molecule has 0 heterocycles. The molecule has 0 aliphatic heterocycles. The second-order valence-corrected chi connectivity index (χ2v) is 5.39. The Morgan fingerprint density at radius 2 is 1.78 bits per heavy atom. The SMILES string of the molecule is CC(C)C.CC[C@@H](CC(C#N)NC(=O)CN[C-]=O)C(=O)NC.[Fm]. The van der Waals surface area contributed by atoms with E-state index in [0.29, 0.717) is 6.42 Å². The molecular formula is C15H27FmN4O3-. The molecule has 0 saturated heterocycles. The van der Waals surface area contributed by atoms with Crippen molar-refractivity contribution < 1.29 is 14.4 Å². The van der Waals surface area contributed by atoms with Crippen LogP contribution in [0.5, 0.6) is 0 Å². The molecule has 3 amide bonds. The smallest absolute Gasteiger partial charge is 0.237 e. The summed E-state index contributed by atoms with van der Waals surface area (Å²) >= 11 is 0. The van der Waals surface area contributed by atoms with Crippen molar-refractivity contribution in [3.63, 3.8) is 0 Å². The molecule has 0 saturated carbocycles. The van der Waals surface area contributed by atoms with Gasteiger partial charge < -0.3 is 20.7 Å². The fraction of sp³-hybridized carbons (Fsp3) is 0.733. The summed E-state index contributed by atoms with van der Waals surface area (Å²) in [7, 11) is 1.52. The van der Waals surface area contributed by atoms with Gasteiger partial charge in [-0.1, -0.05) is 27.7 Å². The van der Waals surface area contributed by atoms with E-state index in [1.54, 1.807) is 0 Å². The maximum atomic E-state index is 11.5. The Hall–Kier alpha value is -3.10. The third-order valence-corrected chi connectivity index (χ3v) is 2.44. The zero-order valence-corrected chi connectivity index (χ0v) is 16.7. The Morgan fingerprint density at radius 1 is 1.26 bits per heavy atom. The molecule has 7 nitrogen and oxygen atoms in total. The molecule has 0 fully saturated rings. The zero-order chi connectivity index (χ0) is 17.5. The van der Waals surface area contributed by atoms with Crippen LogP contribution < -0.4 is 16.0 Å². The average Bonchev–Trinajstić information content (AvgIpc) is 2.47. The van der Waals surface area contributed by atoms with E-state index in [0.717, 1.165) is 5.92 Å². The Bertz CT molecular complexity index is 381. The van der Waals surface area contributed by atoms with Crippen LogP contribution in [0, 0.1) is 23.2 Å². The molecule has 3 N–H and O–H groups in total. The van der Waals surface area contributed by atoms with Crippen LogP contribution in [0.4, 0.5) is 0 Å². The van der Waals surface area contributed by atoms with Crippen molar-refractivity contribution in [2.45, 2.75) is 46.6 Å². The maximum Gasteiger partial charge on any atom is 0.237 e. The summed E-state index contributed by atoms with van der Waals surface area (Å²) in [5, 5.41) is 15.9. The van der Waals surface area contributed by atoms with Crippen LogP contribution in [0.15, 0.2) is 0 Å². The molecule has 0 aromatic carbocycles. The Labute approximate surface area is 132 Å². The van der Waals surface area contributed by atoms with Gasteiger partial charge >= 0.3 is 0 Å². The van der Waals surface area contributed by atoms with E-state index in [1.165, 1.54) is 13.5 Å². The first-order valence-electron chi connectivity index (χ1n) is 7.32. The summed E-state index contributed by atoms with van der Waals surface area (Å²) < 4.78 is 0. The predicted molar refractivity (Wildman–Crippen MR) is 84.2 cm³/mol. The van der Waals surface area contributed by atoms with Crippen molar-refractivity contribution in [3.8, 4) is 6.07 Å². The molecule has 0 aliphatic carbocycles. The molecule has 0 aliphatic rings. The minimum absolute atomic E-state index is 0. The van der Waals surface area contributed by atoms with Gasteiger partial charge in [0.15, 0.2) is 0 Å². The van der Waals surface area contributed by atoms with E-state index >= 15 is 0 Å². The van der Waals surface area contributed by atoms with Crippen molar-refractivity contribution in [1.29, 1.82) is 5.26 Å². The minimum atomic E-state index is -0.756. The first kappa shape index (κ1) is 24.9. The van der Waals surface area contributed by atoms with Crippen molar-refractivity contribution in [2.24, 2.45) is 11.8 Å². The number of hydrogen-bond acceptors (Lipinski definition) is 4. The molecule has 0 spiro atoms. The van der Waals surface area contributed by atoms with Crippen LogP contribution in [-0.2, 0) is 14.4 Å². The van der Waals surface area contributed by atoms with Gasteiger partial charge in [-0.05, 0) is 18.8 Å². The molecule has 1 unspecified atom stereocenters. The van der Waals surface area contributed by atoms with Gasteiger partial charge in [0.2, 0.25) is 11.8 Å². The third kappa shape index (κ3) is 15.1. The number of amides is 3. The largest absolute Gasteiger partial charge is 0.522 e. The maximum absolute atomic E-state index is 11.5. The zero-order valence-electron chi connectivity index (χ0n) is 14.3. The topological polar surface area (TPSA) is 111 Å². The summed E-state index contributed by atoms with van der Waals surface area (Å²) in [6.45, 7) is 8.09. The second kappa shape index (κ2) is 15.3. The third-order valence-electron chi connectivity index (χ3n) is 2.44. The van der Waals surface area contributed by atoms with Gasteiger partial charge in [-0.15, -0.1) is 0 Å². The van der Waals surface area contributed by atoms with Crippen molar-refractivity contribution >= 4 is 18.2 Å². The summed E-state index contributed by atoms with van der Waals surface area (Å²) in [6, 6.07) is 1.16. The molecule has 0 rings (SSSR count). The number of carbonyl (C=O) groups is 2. The van der Waals surface area contributed by atoms with Gasteiger partial charge in [0.1, 0.15) is 6.04 Å². The summed E-state index contributed by atoms with van der Waals surface area (Å²) in [6.07, 6.45) is 2.18. The van der Waals surface area contributed by atoms with Crippen LogP contribution in [-0.4, -0.2) is 37.9 Å². The van der Waals surface area contributed by atoms with Crippen molar-refractivity contribution in [3.05, 3.63) is 0 Å². The van der Waals surface area contributed by atoms with Gasteiger partial charge in [0.25, 0.3) is 0 Å². The Morgan fingerprint density at radius 3 is 2.13 bits per heavy atom. The fourth-order valence-electron chi connectivity index (χ4n) is 1.45. The van der Waals surface area contributed by atoms with E-state index in [1.807, 2.05) is 13.0 Å². The molecule has 0 aromatic rings. The van der Waals surface area contributed by atoms with Gasteiger partial charge in [0, 0.05) is 13.0 Å². The van der Waals surface area contributed by atoms with Crippen molar-refractivity contribution in [1.82, 2.24) is 16.0 Å². The normalized spacial score (nSPS) is 11.5. The Balaban J connectivity index is -0.000000712. The number of rotatable bonds is 8. The van der Waals surface area contributed by atoms with E-state index < -0.39 is 11.9 Å². The van der Waals surface area contributed by atoms with Crippen LogP contribution in [0.1, 0.15) is 40.5 Å². The molecule has 2 atom stereocenters. The van der Waals surface area contributed by atoms with Gasteiger partial charge in [-0.25, -0.2) is 0 Å². The van der Waals surface area contributed by atoms with Crippen LogP contribution in [0.25, 0.3) is 0 Å². The van der Waals surface area contributed by atoms with Crippen LogP contribution in [0.3, 0.4) is 0 Å². The first-order valence-corrected chi connectivity index (χ1v) is 7.32. The molecule has 0 bridgehead atoms. The average molecular weight is 568 g/mol. The quantitative estimate of drug-likeness (QED) is 0.292. The van der Waals surface area contributed by atoms with E-state index in [4.69, 9.17) is 5.26 Å². The molecule has 138 valence electrons. The molecule has 0 radical (unpaired) electrons. The number of hydrogen-bond donors (Lipinski definition) is 3. The first-order chi connectivity index (χ1) is 10.3. The standard InChI is InChI=1S/C11H17N4O3.C4H10.Fm/c1-3-8(11(18)13-2)4-9(5-12)15-10(17)6-14-7-16;1-4(2)3;/h8-9H,3-4,6H2,1-2H3,(H,13,18)(H,14,16)(H,15,17);4H,1-3H3;/q-1;;/t8-,9?;;/m0../s1. The van der Waals surface area contributed by atoms with E-state index in [2.05, 4.69) is 36.7 Å². The van der Waals surface area contributed by atoms with Gasteiger partial charge in [0.05, 0.1) is 12.6 Å². The van der Waals surface area contributed by atoms with Gasteiger partial charge in [-0.2, -0.15) is 11.7 Å². The fourth-order valence-corrected chi connectivity index (χ4v) is 1.45. The summed E-state index contributed by atoms with van der Waals surface area (Å²) in [5.41, 5.74) is 0. The molecular weight excluding hydrogens is 541 g/mol. The molecule has 23 heavy (non-hydrogen) atoms. The number of nitrogens with one attached hydrogen (secondary N) is 3. The number of nitriles is 1. The minimum Gasteiger partial charge on any atom is -0.522 e. The second-order valence-electron chi connectivity index (χ2n) is 5.39. The number of carbonyl (C=O) groups excluding carboxylic acids is 3. The monoisotopic (exact) mass is 568 g/mol. The summed E-state index contributed by atoms with van der Waals surface area (Å²) in [5.74, 6) is -0.145. The van der Waals surface area contributed by atoms with Crippen molar-refractivity contribution in [2.75, 3.05) is 13.6 Å². The van der Waals surface area contributed by atoms with Crippen LogP contribution >= 0.6 is 0 Å². The molecule has 0 aromatic heterocycles. The predicted octanol–water partition coefficient (Wildman–Crippen LogP) is 0.476. The molecule has 8 heteroatoms. The van der Waals surface area contributed by atoms with E-state index in [-0.39, 0.29) is 24.8 Å². The Kier molecular flexibility index (Phi) is 16.5.